The van der Waals surface area contributed by atoms with E-state index in [9.17, 15) is 19.5 Å². The standard InChI is InChI=1S/C25H32O2.C22H32O2.C22H22O2.C14H16O.2C11H16O/c1-3-17(2)19-15-16-24(22-13-7-6-12-21(19)22)27-25(26)23-14-8-10-18-9-4-5-11-20(18)23;2*1-4-22(2,3)19-11-13-20(14-12-19)24-21(23)18-10-9-16-7-5-6-8-17(16)15-18;1-3-10(2)11-8-9-14(15)13-7-5-4-6-12(11)13;2*1-4-11(2,3)9-5-7-10(12)8-6-9/h6-7,12-13,15-18,20,23H,3-5,8-11,14H2,1-2H3;11-14,16-18H,4-10,15H2,1-3H3;5-15H,4H2,1-3H3;4-10,15H,3H2,1-2H3;2*5-8,12H,4H2,1-3H3. The summed E-state index contributed by atoms with van der Waals surface area (Å²) in [5.41, 5.74) is 9.06. The SMILES string of the molecule is CCC(C)(C)c1ccc(O)cc1.CCC(C)(C)c1ccc(O)cc1.CCC(C)(C)c1ccc(OC(=O)C2CCC3CCCCC3C2)cc1.CCC(C)(C)c1ccc(OC(=O)c2ccc3ccccc3c2)cc1.CCC(C)c1ccc(O)c2ccccc12.CCC(C)c1ccc(OC(=O)C2CCCC3CCCCC32)c2ccccc12. The number of phenolic OH excluding ortho intramolecular Hbond substituents is 3. The summed E-state index contributed by atoms with van der Waals surface area (Å²) in [6, 6.07) is 68.8. The summed E-state index contributed by atoms with van der Waals surface area (Å²) in [6.45, 7) is 35.4. The summed E-state index contributed by atoms with van der Waals surface area (Å²) >= 11 is 0. The number of esters is 3. The lowest BCUT2D eigenvalue weighted by molar-refractivity contribution is -0.144. The van der Waals surface area contributed by atoms with Gasteiger partial charge in [0.05, 0.1) is 17.4 Å². The van der Waals surface area contributed by atoms with E-state index in [1.165, 1.54) is 115 Å². The van der Waals surface area contributed by atoms with Crippen molar-refractivity contribution in [2.24, 2.45) is 35.5 Å². The number of benzene rings is 10. The fraction of sp³-hybridized carbons (Fsp3) is 0.457. The van der Waals surface area contributed by atoms with Gasteiger partial charge >= 0.3 is 17.9 Å². The van der Waals surface area contributed by atoms with Crippen LogP contribution in [0.5, 0.6) is 34.5 Å². The molecule has 4 fully saturated rings. The van der Waals surface area contributed by atoms with Crippen LogP contribution in [-0.2, 0) is 31.2 Å². The lowest BCUT2D eigenvalue weighted by Crippen LogP contribution is -2.37. The normalized spacial score (nSPS) is 18.6. The van der Waals surface area contributed by atoms with Gasteiger partial charge in [0.2, 0.25) is 0 Å². The molecule has 9 heteroatoms. The number of fused-ring (bicyclic) bond motifs is 5. The minimum Gasteiger partial charge on any atom is -0.508 e. The smallest absolute Gasteiger partial charge is 0.343 e. The van der Waals surface area contributed by atoms with E-state index in [1.807, 2.05) is 133 Å². The highest BCUT2D eigenvalue weighted by atomic mass is 16.5. The number of ether oxygens (including phenoxy) is 3. The van der Waals surface area contributed by atoms with Gasteiger partial charge in [-0.1, -0.05) is 308 Å². The van der Waals surface area contributed by atoms with Crippen molar-refractivity contribution in [2.75, 3.05) is 0 Å². The van der Waals surface area contributed by atoms with Crippen molar-refractivity contribution in [3.05, 3.63) is 251 Å². The van der Waals surface area contributed by atoms with E-state index in [0.29, 0.717) is 52.1 Å². The third-order valence-electron chi connectivity index (χ3n) is 26.6. The molecule has 8 unspecified atom stereocenters. The van der Waals surface area contributed by atoms with Crippen molar-refractivity contribution >= 4 is 50.2 Å². The van der Waals surface area contributed by atoms with E-state index in [2.05, 4.69) is 153 Å². The largest absolute Gasteiger partial charge is 0.508 e. The van der Waals surface area contributed by atoms with Gasteiger partial charge in [-0.3, -0.25) is 9.59 Å². The summed E-state index contributed by atoms with van der Waals surface area (Å²) in [7, 11) is 0. The van der Waals surface area contributed by atoms with Crippen molar-refractivity contribution in [1.29, 1.82) is 0 Å². The van der Waals surface area contributed by atoms with Gasteiger partial charge < -0.3 is 29.5 Å². The fourth-order valence-electron chi connectivity index (χ4n) is 16.8. The second-order valence-corrected chi connectivity index (χ2v) is 35.5. The lowest BCUT2D eigenvalue weighted by atomic mass is 9.65. The van der Waals surface area contributed by atoms with Gasteiger partial charge in [0.15, 0.2) is 0 Å². The quantitative estimate of drug-likeness (QED) is 0.0566. The van der Waals surface area contributed by atoms with Crippen molar-refractivity contribution in [2.45, 2.75) is 273 Å². The van der Waals surface area contributed by atoms with Crippen LogP contribution in [0.25, 0.3) is 32.3 Å². The summed E-state index contributed by atoms with van der Waals surface area (Å²) in [6.07, 6.45) is 23.9. The monoisotopic (exact) mass is 1540 g/mol. The number of carbonyl (C=O) groups is 3. The minimum absolute atomic E-state index is 0.00745. The summed E-state index contributed by atoms with van der Waals surface area (Å²) < 4.78 is 17.3. The Morgan fingerprint density at radius 2 is 0.798 bits per heavy atom. The second-order valence-electron chi connectivity index (χ2n) is 35.5. The second kappa shape index (κ2) is 41.4. The van der Waals surface area contributed by atoms with Crippen molar-refractivity contribution < 1.29 is 43.9 Å². The van der Waals surface area contributed by atoms with Crippen LogP contribution in [0.15, 0.2) is 212 Å². The highest BCUT2D eigenvalue weighted by molar-refractivity contribution is 5.97. The van der Waals surface area contributed by atoms with Crippen molar-refractivity contribution in [3.63, 3.8) is 0 Å². The number of aromatic hydroxyl groups is 3. The Labute approximate surface area is 684 Å². The molecule has 14 rings (SSSR count). The molecule has 9 nitrogen and oxygen atoms in total. The van der Waals surface area contributed by atoms with E-state index >= 15 is 0 Å². The van der Waals surface area contributed by atoms with Crippen LogP contribution in [0.3, 0.4) is 0 Å². The first-order chi connectivity index (χ1) is 54.5. The van der Waals surface area contributed by atoms with Gasteiger partial charge in [-0.2, -0.15) is 0 Å². The molecule has 0 spiro atoms. The molecule has 114 heavy (non-hydrogen) atoms. The highest BCUT2D eigenvalue weighted by Crippen LogP contribution is 2.47. The fourth-order valence-corrected chi connectivity index (χ4v) is 16.8. The van der Waals surface area contributed by atoms with E-state index in [4.69, 9.17) is 24.4 Å². The first kappa shape index (κ1) is 88.7. The Morgan fingerprint density at radius 1 is 0.377 bits per heavy atom. The Bertz CT molecular complexity index is 4620. The predicted octanol–water partition coefficient (Wildman–Crippen LogP) is 28.7. The Kier molecular flexibility index (Phi) is 32.2. The number of phenols is 3. The molecule has 4 aliphatic carbocycles. The molecule has 0 bridgehead atoms. The molecule has 4 aliphatic rings. The Balaban J connectivity index is 0.000000161. The first-order valence-corrected chi connectivity index (χ1v) is 43.2. The zero-order valence-electron chi connectivity index (χ0n) is 71.8. The maximum absolute atomic E-state index is 13.1. The van der Waals surface area contributed by atoms with Gasteiger partial charge in [0.25, 0.3) is 0 Å². The third-order valence-corrected chi connectivity index (χ3v) is 26.6. The summed E-state index contributed by atoms with van der Waals surface area (Å²) in [4.78, 5) is 38.1. The topological polar surface area (TPSA) is 140 Å². The Morgan fingerprint density at radius 3 is 1.31 bits per heavy atom. The van der Waals surface area contributed by atoms with Gasteiger partial charge in [-0.25, -0.2) is 4.79 Å². The lowest BCUT2D eigenvalue weighted by Gasteiger charge is -2.40. The van der Waals surface area contributed by atoms with Crippen LogP contribution in [0.4, 0.5) is 0 Å². The average molecular weight is 1540 g/mol. The molecule has 0 radical (unpaired) electrons. The number of hydrogen-bond donors (Lipinski definition) is 3. The van der Waals surface area contributed by atoms with E-state index in [0.717, 1.165) is 103 Å². The maximum Gasteiger partial charge on any atom is 0.343 e. The molecular formula is C105H134O9. The van der Waals surface area contributed by atoms with Crippen LogP contribution < -0.4 is 14.2 Å². The van der Waals surface area contributed by atoms with Gasteiger partial charge in [-0.15, -0.1) is 0 Å². The van der Waals surface area contributed by atoms with Crippen molar-refractivity contribution in [3.8, 4) is 34.5 Å². The Hall–Kier alpha value is -9.21. The zero-order chi connectivity index (χ0) is 82.3. The average Bonchev–Trinajstić information content (AvgIpc) is 0.766. The highest BCUT2D eigenvalue weighted by Gasteiger charge is 2.40. The molecule has 10 aromatic carbocycles. The molecule has 0 amide bonds. The van der Waals surface area contributed by atoms with Crippen LogP contribution in [0, 0.1) is 35.5 Å². The minimum atomic E-state index is -0.330. The van der Waals surface area contributed by atoms with Crippen LogP contribution in [-0.4, -0.2) is 33.2 Å². The number of carbonyl (C=O) groups excluding carboxylic acids is 3. The molecule has 0 aliphatic heterocycles. The van der Waals surface area contributed by atoms with Crippen molar-refractivity contribution in [1.82, 2.24) is 0 Å². The molecule has 0 saturated heterocycles. The summed E-state index contributed by atoms with van der Waals surface area (Å²) in [5.74, 6) is 6.89. The molecular weight excluding hydrogens is 1410 g/mol. The molecule has 8 atom stereocenters. The van der Waals surface area contributed by atoms with Crippen LogP contribution in [0.1, 0.15) is 295 Å². The predicted molar refractivity (Wildman–Crippen MR) is 475 cm³/mol. The van der Waals surface area contributed by atoms with E-state index in [-0.39, 0.29) is 51.4 Å². The summed E-state index contributed by atoms with van der Waals surface area (Å²) in [5, 5.41) is 34.5. The molecule has 0 aromatic heterocycles. The zero-order valence-corrected chi connectivity index (χ0v) is 71.8. The third kappa shape index (κ3) is 23.7. The van der Waals surface area contributed by atoms with E-state index in [1.54, 1.807) is 36.4 Å². The molecule has 0 heterocycles. The van der Waals surface area contributed by atoms with E-state index < -0.39 is 0 Å². The van der Waals surface area contributed by atoms with Gasteiger partial charge in [-0.05, 0) is 256 Å². The molecule has 3 N–H and O–H groups in total. The molecule has 4 saturated carbocycles. The van der Waals surface area contributed by atoms with Gasteiger partial charge in [0.1, 0.15) is 34.5 Å². The van der Waals surface area contributed by atoms with Gasteiger partial charge in [0, 0.05) is 10.8 Å². The maximum atomic E-state index is 13.1. The number of rotatable bonds is 18. The molecule has 608 valence electrons. The molecule has 10 aromatic rings. The van der Waals surface area contributed by atoms with Crippen LogP contribution >= 0.6 is 0 Å². The first-order valence-electron chi connectivity index (χ1n) is 43.2. The van der Waals surface area contributed by atoms with Crippen LogP contribution in [0.2, 0.25) is 0 Å². The number of hydrogen-bond acceptors (Lipinski definition) is 9.